The van der Waals surface area contributed by atoms with E-state index < -0.39 is 0 Å². The molecule has 0 aliphatic rings. The van der Waals surface area contributed by atoms with E-state index in [-0.39, 0.29) is 5.91 Å². The van der Waals surface area contributed by atoms with Crippen LogP contribution in [0, 0.1) is 0 Å². The largest absolute Gasteiger partial charge is 0.342 e. The monoisotopic (exact) mass is 191 g/mol. The molecule has 0 bridgehead atoms. The Balaban J connectivity index is 3.81. The highest BCUT2D eigenvalue weighted by Gasteiger charge is 2.09. The maximum atomic E-state index is 11.4. The lowest BCUT2D eigenvalue weighted by Gasteiger charge is -2.20. The third-order valence-corrected chi connectivity index (χ3v) is 1.83. The second kappa shape index (κ2) is 7.41. The smallest absolute Gasteiger partial charge is 0.222 e. The number of halogens is 1. The van der Waals surface area contributed by atoms with Crippen molar-refractivity contribution in [1.29, 1.82) is 0 Å². The first-order valence-corrected chi connectivity index (χ1v) is 5.13. The molecule has 3 heteroatoms. The molecule has 0 aromatic heterocycles. The van der Waals surface area contributed by atoms with Gasteiger partial charge in [-0.25, -0.2) is 0 Å². The van der Waals surface area contributed by atoms with Gasteiger partial charge in [-0.3, -0.25) is 4.79 Å². The van der Waals surface area contributed by atoms with Gasteiger partial charge in [0.2, 0.25) is 5.91 Å². The third-order valence-electron chi connectivity index (χ3n) is 1.66. The lowest BCUT2D eigenvalue weighted by molar-refractivity contribution is -0.131. The number of carbonyl (C=O) groups excluding carboxylic acids is 1. The second-order valence-electron chi connectivity index (χ2n) is 2.82. The minimum Gasteiger partial charge on any atom is -0.342 e. The second-order valence-corrected chi connectivity index (χ2v) is 3.20. The first kappa shape index (κ1) is 11.8. The highest BCUT2D eigenvalue weighted by molar-refractivity contribution is 6.18. The van der Waals surface area contributed by atoms with Crippen molar-refractivity contribution in [2.24, 2.45) is 0 Å². The van der Waals surface area contributed by atoms with Crippen molar-refractivity contribution in [2.75, 3.05) is 19.0 Å². The molecule has 1 amide bonds. The number of rotatable bonds is 6. The normalized spacial score (nSPS) is 9.92. The van der Waals surface area contributed by atoms with E-state index in [0.29, 0.717) is 18.8 Å². The predicted octanol–water partition coefficient (Wildman–Crippen LogP) is 2.26. The minimum atomic E-state index is 0.236. The third kappa shape index (κ3) is 4.60. The number of hydrogen-bond acceptors (Lipinski definition) is 1. The maximum absolute atomic E-state index is 11.4. The van der Waals surface area contributed by atoms with Crippen molar-refractivity contribution >= 4 is 17.5 Å². The molecule has 0 fully saturated rings. The lowest BCUT2D eigenvalue weighted by Crippen LogP contribution is -2.33. The van der Waals surface area contributed by atoms with Gasteiger partial charge in [0, 0.05) is 25.4 Å². The highest BCUT2D eigenvalue weighted by Crippen LogP contribution is 1.99. The Morgan fingerprint density at radius 1 is 1.25 bits per heavy atom. The van der Waals surface area contributed by atoms with Crippen LogP contribution < -0.4 is 0 Å². The fraction of sp³-hybridized carbons (Fsp3) is 0.889. The zero-order chi connectivity index (χ0) is 9.40. The first-order chi connectivity index (χ1) is 5.76. The van der Waals surface area contributed by atoms with E-state index in [4.69, 9.17) is 11.6 Å². The summed E-state index contributed by atoms with van der Waals surface area (Å²) in [5.74, 6) is 0.773. The van der Waals surface area contributed by atoms with E-state index >= 15 is 0 Å². The zero-order valence-electron chi connectivity index (χ0n) is 7.98. The molecule has 0 saturated carbocycles. The van der Waals surface area contributed by atoms with Gasteiger partial charge in [0.1, 0.15) is 0 Å². The molecule has 12 heavy (non-hydrogen) atoms. The molecule has 0 unspecified atom stereocenters. The molecule has 0 radical (unpaired) electrons. The summed E-state index contributed by atoms with van der Waals surface area (Å²) in [5, 5.41) is 0. The quantitative estimate of drug-likeness (QED) is 0.590. The Kier molecular flexibility index (Phi) is 7.26. The van der Waals surface area contributed by atoms with Crippen LogP contribution in [0.25, 0.3) is 0 Å². The van der Waals surface area contributed by atoms with Gasteiger partial charge < -0.3 is 4.90 Å². The van der Waals surface area contributed by atoms with Crippen LogP contribution in [-0.2, 0) is 4.79 Å². The van der Waals surface area contributed by atoms with E-state index in [1.54, 1.807) is 0 Å². The van der Waals surface area contributed by atoms with Gasteiger partial charge >= 0.3 is 0 Å². The van der Waals surface area contributed by atoms with E-state index in [1.807, 2.05) is 11.8 Å². The van der Waals surface area contributed by atoms with Crippen LogP contribution in [0.3, 0.4) is 0 Å². The Bertz CT molecular complexity index is 122. The Labute approximate surface area is 79.9 Å². The first-order valence-electron chi connectivity index (χ1n) is 4.60. The molecule has 0 aromatic rings. The van der Waals surface area contributed by atoms with Crippen molar-refractivity contribution in [3.05, 3.63) is 0 Å². The summed E-state index contributed by atoms with van der Waals surface area (Å²) in [5.41, 5.74) is 0. The van der Waals surface area contributed by atoms with Crippen molar-refractivity contribution in [3.63, 3.8) is 0 Å². The summed E-state index contributed by atoms with van der Waals surface area (Å²) in [6.45, 7) is 5.61. The molecule has 0 N–H and O–H groups in total. The molecule has 2 nitrogen and oxygen atoms in total. The molecule has 0 aliphatic carbocycles. The van der Waals surface area contributed by atoms with E-state index in [2.05, 4.69) is 6.92 Å². The van der Waals surface area contributed by atoms with Crippen molar-refractivity contribution < 1.29 is 4.79 Å². The number of hydrogen-bond donors (Lipinski definition) is 0. The molecule has 0 spiro atoms. The van der Waals surface area contributed by atoms with Crippen molar-refractivity contribution in [2.45, 2.75) is 33.1 Å². The maximum Gasteiger partial charge on any atom is 0.222 e. The summed E-state index contributed by atoms with van der Waals surface area (Å²) < 4.78 is 0. The number of alkyl halides is 1. The zero-order valence-corrected chi connectivity index (χ0v) is 8.73. The van der Waals surface area contributed by atoms with Gasteiger partial charge in [-0.15, -0.1) is 11.6 Å². The number of amides is 1. The van der Waals surface area contributed by atoms with Gasteiger partial charge in [0.25, 0.3) is 0 Å². The molecular formula is C9H18ClNO. The average molecular weight is 192 g/mol. The summed E-state index contributed by atoms with van der Waals surface area (Å²) in [6.07, 6.45) is 2.57. The molecule has 0 atom stereocenters. The standard InChI is InChI=1S/C9H18ClNO/c1-3-5-9(12)11(7-4-2)8-6-10/h3-8H2,1-2H3. The van der Waals surface area contributed by atoms with Gasteiger partial charge in [0.05, 0.1) is 0 Å². The Hall–Kier alpha value is -0.240. The highest BCUT2D eigenvalue weighted by atomic mass is 35.5. The van der Waals surface area contributed by atoms with Gasteiger partial charge in [-0.2, -0.15) is 0 Å². The Morgan fingerprint density at radius 2 is 1.92 bits per heavy atom. The van der Waals surface area contributed by atoms with Crippen LogP contribution in [0.15, 0.2) is 0 Å². The topological polar surface area (TPSA) is 20.3 Å². The molecule has 0 saturated heterocycles. The molecule has 72 valence electrons. The number of carbonyl (C=O) groups is 1. The van der Waals surface area contributed by atoms with Crippen LogP contribution in [0.5, 0.6) is 0 Å². The summed E-state index contributed by atoms with van der Waals surface area (Å²) in [7, 11) is 0. The van der Waals surface area contributed by atoms with Crippen LogP contribution in [-0.4, -0.2) is 29.8 Å². The predicted molar refractivity (Wildman–Crippen MR) is 52.5 cm³/mol. The fourth-order valence-electron chi connectivity index (χ4n) is 1.11. The van der Waals surface area contributed by atoms with Crippen LogP contribution in [0.2, 0.25) is 0 Å². The van der Waals surface area contributed by atoms with Gasteiger partial charge in [0.15, 0.2) is 0 Å². The molecule has 0 aliphatic heterocycles. The van der Waals surface area contributed by atoms with Crippen LogP contribution in [0.1, 0.15) is 33.1 Å². The summed E-state index contributed by atoms with van der Waals surface area (Å²) >= 11 is 5.58. The fourth-order valence-corrected chi connectivity index (χ4v) is 1.31. The van der Waals surface area contributed by atoms with Gasteiger partial charge in [-0.05, 0) is 12.8 Å². The molecular weight excluding hydrogens is 174 g/mol. The van der Waals surface area contributed by atoms with Crippen LogP contribution >= 0.6 is 11.6 Å². The van der Waals surface area contributed by atoms with E-state index in [0.717, 1.165) is 19.4 Å². The number of nitrogens with zero attached hydrogens (tertiary/aromatic N) is 1. The lowest BCUT2D eigenvalue weighted by atomic mass is 10.3. The van der Waals surface area contributed by atoms with E-state index in [9.17, 15) is 4.79 Å². The van der Waals surface area contributed by atoms with Crippen molar-refractivity contribution in [3.8, 4) is 0 Å². The van der Waals surface area contributed by atoms with Crippen LogP contribution in [0.4, 0.5) is 0 Å². The molecule has 0 rings (SSSR count). The van der Waals surface area contributed by atoms with Crippen molar-refractivity contribution in [1.82, 2.24) is 4.90 Å². The van der Waals surface area contributed by atoms with E-state index in [1.165, 1.54) is 0 Å². The minimum absolute atomic E-state index is 0.236. The van der Waals surface area contributed by atoms with Gasteiger partial charge in [-0.1, -0.05) is 13.8 Å². The molecule has 0 heterocycles. The Morgan fingerprint density at radius 3 is 2.33 bits per heavy atom. The average Bonchev–Trinajstić information content (AvgIpc) is 2.04. The summed E-state index contributed by atoms with van der Waals surface area (Å²) in [6, 6.07) is 0. The summed E-state index contributed by atoms with van der Waals surface area (Å²) in [4.78, 5) is 13.2. The SMILES string of the molecule is CCCC(=O)N(CCC)CCCl. The molecule has 0 aromatic carbocycles.